The van der Waals surface area contributed by atoms with Crippen molar-refractivity contribution < 1.29 is 9.21 Å². The van der Waals surface area contributed by atoms with E-state index in [0.29, 0.717) is 11.3 Å². The summed E-state index contributed by atoms with van der Waals surface area (Å²) in [5.41, 5.74) is 3.29. The van der Waals surface area contributed by atoms with Crippen LogP contribution in [0, 0.1) is 0 Å². The molecule has 0 amide bonds. The lowest BCUT2D eigenvalue weighted by molar-refractivity contribution is 0.101. The number of pyridine rings is 1. The van der Waals surface area contributed by atoms with Crippen LogP contribution in [0.3, 0.4) is 0 Å². The molecule has 1 aromatic carbocycles. The Balaban J connectivity index is 1.90. The largest absolute Gasteiger partial charge is 0.456 e. The molecule has 4 heteroatoms. The summed E-state index contributed by atoms with van der Waals surface area (Å²) in [6.07, 6.45) is 6.11. The van der Waals surface area contributed by atoms with Crippen LogP contribution in [0.5, 0.6) is 0 Å². The number of rotatable bonds is 4. The Morgan fingerprint density at radius 2 is 1.88 bits per heavy atom. The molecule has 1 fully saturated rings. The van der Waals surface area contributed by atoms with Crippen molar-refractivity contribution in [3.05, 3.63) is 65.7 Å². The third kappa shape index (κ3) is 2.95. The summed E-state index contributed by atoms with van der Waals surface area (Å²) in [5.74, 6) is 0.624. The summed E-state index contributed by atoms with van der Waals surface area (Å²) in [4.78, 5) is 19.1. The minimum Gasteiger partial charge on any atom is -0.456 e. The SMILES string of the molecule is CC(=O)c1c(/C=C(\c2ccccn2)N2CCCC2)oc2ccccc12. The number of carbonyl (C=O) groups is 1. The quantitative estimate of drug-likeness (QED) is 0.654. The van der Waals surface area contributed by atoms with Crippen molar-refractivity contribution in [3.63, 3.8) is 0 Å². The molecule has 25 heavy (non-hydrogen) atoms. The maximum Gasteiger partial charge on any atom is 0.164 e. The molecule has 3 aromatic rings. The first kappa shape index (κ1) is 15.6. The lowest BCUT2D eigenvalue weighted by Crippen LogP contribution is -2.18. The Morgan fingerprint density at radius 1 is 1.12 bits per heavy atom. The van der Waals surface area contributed by atoms with Crippen LogP contribution in [-0.2, 0) is 0 Å². The van der Waals surface area contributed by atoms with Crippen LogP contribution in [-0.4, -0.2) is 28.8 Å². The van der Waals surface area contributed by atoms with Gasteiger partial charge in [-0.05, 0) is 38.0 Å². The zero-order valence-electron chi connectivity index (χ0n) is 14.2. The van der Waals surface area contributed by atoms with Crippen molar-refractivity contribution in [1.29, 1.82) is 0 Å². The smallest absolute Gasteiger partial charge is 0.164 e. The van der Waals surface area contributed by atoms with Crippen LogP contribution >= 0.6 is 0 Å². The number of furan rings is 1. The molecule has 0 aliphatic carbocycles. The van der Waals surface area contributed by atoms with Gasteiger partial charge in [-0.1, -0.05) is 24.3 Å². The van der Waals surface area contributed by atoms with Crippen molar-refractivity contribution in [2.45, 2.75) is 19.8 Å². The Hall–Kier alpha value is -2.88. The Morgan fingerprint density at radius 3 is 2.60 bits per heavy atom. The van der Waals surface area contributed by atoms with Gasteiger partial charge in [0.25, 0.3) is 0 Å². The van der Waals surface area contributed by atoms with E-state index in [9.17, 15) is 4.79 Å². The number of Topliss-reactive ketones (excluding diaryl/α,β-unsaturated/α-hetero) is 1. The molecule has 0 radical (unpaired) electrons. The molecule has 1 aliphatic heterocycles. The van der Waals surface area contributed by atoms with Crippen LogP contribution in [0.1, 0.15) is 41.6 Å². The van der Waals surface area contributed by atoms with Gasteiger partial charge in [-0.15, -0.1) is 0 Å². The summed E-state index contributed by atoms with van der Waals surface area (Å²) < 4.78 is 6.02. The topological polar surface area (TPSA) is 46.3 Å². The van der Waals surface area contributed by atoms with E-state index in [0.717, 1.165) is 35.4 Å². The monoisotopic (exact) mass is 332 g/mol. The second-order valence-electron chi connectivity index (χ2n) is 6.33. The number of hydrogen-bond donors (Lipinski definition) is 0. The Labute approximate surface area is 146 Å². The standard InChI is InChI=1S/C21H20N2O2/c1-15(24)21-16-8-2-3-10-19(16)25-20(21)14-18(23-12-6-7-13-23)17-9-4-5-11-22-17/h2-5,8-11,14H,6-7,12-13H2,1H3/b18-14+. The zero-order valence-corrected chi connectivity index (χ0v) is 14.2. The van der Waals surface area contributed by atoms with Gasteiger partial charge >= 0.3 is 0 Å². The van der Waals surface area contributed by atoms with Gasteiger partial charge in [0, 0.05) is 30.7 Å². The fourth-order valence-corrected chi connectivity index (χ4v) is 3.45. The van der Waals surface area contributed by atoms with Crippen molar-refractivity contribution in [3.8, 4) is 0 Å². The molecular formula is C21H20N2O2. The third-order valence-corrected chi connectivity index (χ3v) is 4.62. The summed E-state index contributed by atoms with van der Waals surface area (Å²) >= 11 is 0. The summed E-state index contributed by atoms with van der Waals surface area (Å²) in [6.45, 7) is 3.58. The minimum atomic E-state index is 0.0120. The molecule has 0 saturated carbocycles. The maximum absolute atomic E-state index is 12.3. The summed E-state index contributed by atoms with van der Waals surface area (Å²) in [6, 6.07) is 13.6. The highest BCUT2D eigenvalue weighted by Gasteiger charge is 2.21. The molecule has 1 aliphatic rings. The first-order chi connectivity index (χ1) is 12.2. The highest BCUT2D eigenvalue weighted by Crippen LogP contribution is 2.31. The van der Waals surface area contributed by atoms with E-state index in [1.807, 2.05) is 48.5 Å². The van der Waals surface area contributed by atoms with Gasteiger partial charge in [0.15, 0.2) is 5.78 Å². The molecular weight excluding hydrogens is 312 g/mol. The third-order valence-electron chi connectivity index (χ3n) is 4.62. The zero-order chi connectivity index (χ0) is 17.2. The van der Waals surface area contributed by atoms with E-state index in [4.69, 9.17) is 4.42 Å². The van der Waals surface area contributed by atoms with E-state index < -0.39 is 0 Å². The van der Waals surface area contributed by atoms with Gasteiger partial charge in [0.05, 0.1) is 17.0 Å². The number of carbonyl (C=O) groups excluding carboxylic acids is 1. The van der Waals surface area contributed by atoms with Gasteiger partial charge in [0.1, 0.15) is 11.3 Å². The number of nitrogens with zero attached hydrogens (tertiary/aromatic N) is 2. The van der Waals surface area contributed by atoms with E-state index in [1.54, 1.807) is 13.1 Å². The lowest BCUT2D eigenvalue weighted by atomic mass is 10.1. The Kier molecular flexibility index (Phi) is 4.10. The van der Waals surface area contributed by atoms with Crippen LogP contribution in [0.25, 0.3) is 22.7 Å². The average molecular weight is 332 g/mol. The van der Waals surface area contributed by atoms with E-state index in [-0.39, 0.29) is 5.78 Å². The normalized spacial score (nSPS) is 15.1. The fourth-order valence-electron chi connectivity index (χ4n) is 3.45. The van der Waals surface area contributed by atoms with Crippen LogP contribution < -0.4 is 0 Å². The van der Waals surface area contributed by atoms with Gasteiger partial charge in [0.2, 0.25) is 0 Å². The first-order valence-electron chi connectivity index (χ1n) is 8.64. The van der Waals surface area contributed by atoms with Crippen molar-refractivity contribution in [1.82, 2.24) is 9.88 Å². The predicted octanol–water partition coefficient (Wildman–Crippen LogP) is 4.62. The van der Waals surface area contributed by atoms with Gasteiger partial charge < -0.3 is 9.32 Å². The molecule has 4 nitrogen and oxygen atoms in total. The average Bonchev–Trinajstić information content (AvgIpc) is 3.27. The van der Waals surface area contributed by atoms with Crippen molar-refractivity contribution in [2.24, 2.45) is 0 Å². The number of hydrogen-bond acceptors (Lipinski definition) is 4. The fraction of sp³-hybridized carbons (Fsp3) is 0.238. The number of likely N-dealkylation sites (tertiary alicyclic amines) is 1. The van der Waals surface area contributed by atoms with Gasteiger partial charge in [-0.3, -0.25) is 9.78 Å². The minimum absolute atomic E-state index is 0.0120. The molecule has 126 valence electrons. The molecule has 0 bridgehead atoms. The van der Waals surface area contributed by atoms with E-state index in [2.05, 4.69) is 9.88 Å². The number of benzene rings is 1. The summed E-state index contributed by atoms with van der Waals surface area (Å²) in [5, 5.41) is 0.864. The molecule has 0 N–H and O–H groups in total. The van der Waals surface area contributed by atoms with E-state index in [1.165, 1.54) is 12.8 Å². The number of fused-ring (bicyclic) bond motifs is 1. The highest BCUT2D eigenvalue weighted by atomic mass is 16.3. The summed E-state index contributed by atoms with van der Waals surface area (Å²) in [7, 11) is 0. The second kappa shape index (κ2) is 6.55. The van der Waals surface area contributed by atoms with Crippen LogP contribution in [0.4, 0.5) is 0 Å². The Bertz CT molecular complexity index is 935. The second-order valence-corrected chi connectivity index (χ2v) is 6.33. The molecule has 3 heterocycles. The molecule has 0 unspecified atom stereocenters. The number of ketones is 1. The highest BCUT2D eigenvalue weighted by molar-refractivity contribution is 6.09. The maximum atomic E-state index is 12.3. The predicted molar refractivity (Wildman–Crippen MR) is 99.1 cm³/mol. The van der Waals surface area contributed by atoms with Crippen molar-refractivity contribution in [2.75, 3.05) is 13.1 Å². The van der Waals surface area contributed by atoms with Crippen LogP contribution in [0.2, 0.25) is 0 Å². The first-order valence-corrected chi connectivity index (χ1v) is 8.64. The lowest BCUT2D eigenvalue weighted by Gasteiger charge is -2.21. The van der Waals surface area contributed by atoms with Crippen molar-refractivity contribution >= 4 is 28.5 Å². The molecule has 4 rings (SSSR count). The molecule has 0 atom stereocenters. The molecule has 0 spiro atoms. The van der Waals surface area contributed by atoms with Crippen LogP contribution in [0.15, 0.2) is 53.1 Å². The van der Waals surface area contributed by atoms with Gasteiger partial charge in [-0.2, -0.15) is 0 Å². The molecule has 1 saturated heterocycles. The molecule has 2 aromatic heterocycles. The van der Waals surface area contributed by atoms with Gasteiger partial charge in [-0.25, -0.2) is 0 Å². The number of aromatic nitrogens is 1. The van der Waals surface area contributed by atoms with E-state index >= 15 is 0 Å². The number of para-hydroxylation sites is 1.